The second-order valence-corrected chi connectivity index (χ2v) is 10.00. The van der Waals surface area contributed by atoms with Crippen molar-refractivity contribution in [2.45, 2.75) is 69.3 Å². The summed E-state index contributed by atoms with van der Waals surface area (Å²) in [5, 5.41) is 6.12. The number of nitrogens with zero attached hydrogens (tertiary/aromatic N) is 3. The maximum atomic E-state index is 13.1. The van der Waals surface area contributed by atoms with Crippen LogP contribution >= 0.6 is 0 Å². The first-order chi connectivity index (χ1) is 16.9. The quantitative estimate of drug-likeness (QED) is 0.636. The van der Waals surface area contributed by atoms with Gasteiger partial charge >= 0.3 is 6.18 Å². The van der Waals surface area contributed by atoms with E-state index in [1.807, 2.05) is 0 Å². The standard InChI is InChI=1S/C25H32F3N5O2/c26-25(27,28)17-6-9-21-20(11-17)24(31-15-30-21)29-12-23(34)32-18-13-33(14-18)19-7-4-16(5-8-19)22-3-1-2-10-35-22/h6,9,11,15-16,18-19,22H,1-5,7-8,10,12-14H2,(H,32,34)(H,29,30,31)/t16-,19+,22?. The molecule has 35 heavy (non-hydrogen) atoms. The van der Waals surface area contributed by atoms with Gasteiger partial charge in [0.2, 0.25) is 5.91 Å². The molecule has 1 saturated carbocycles. The molecule has 3 heterocycles. The first-order valence-electron chi connectivity index (χ1n) is 12.6. The van der Waals surface area contributed by atoms with Gasteiger partial charge in [0, 0.05) is 31.1 Å². The number of carbonyl (C=O) groups is 1. The van der Waals surface area contributed by atoms with Crippen molar-refractivity contribution >= 4 is 22.6 Å². The normalized spacial score (nSPS) is 26.3. The van der Waals surface area contributed by atoms with Crippen LogP contribution < -0.4 is 10.6 Å². The van der Waals surface area contributed by atoms with Gasteiger partial charge in [0.05, 0.1) is 29.8 Å². The first kappa shape index (κ1) is 24.2. The number of ether oxygens (including phenoxy) is 1. The fraction of sp³-hybridized carbons (Fsp3) is 0.640. The van der Waals surface area contributed by atoms with E-state index in [1.54, 1.807) is 0 Å². The number of amides is 1. The van der Waals surface area contributed by atoms with E-state index in [2.05, 4.69) is 25.5 Å². The van der Waals surface area contributed by atoms with E-state index in [0.29, 0.717) is 23.6 Å². The van der Waals surface area contributed by atoms with Crippen LogP contribution in [0.4, 0.5) is 19.0 Å². The number of hydrogen-bond acceptors (Lipinski definition) is 6. The van der Waals surface area contributed by atoms with Crippen LogP contribution in [0, 0.1) is 5.92 Å². The summed E-state index contributed by atoms with van der Waals surface area (Å²) in [7, 11) is 0. The van der Waals surface area contributed by atoms with E-state index in [1.165, 1.54) is 57.3 Å². The van der Waals surface area contributed by atoms with Crippen molar-refractivity contribution in [3.05, 3.63) is 30.1 Å². The van der Waals surface area contributed by atoms with Crippen LogP contribution in [-0.4, -0.2) is 65.2 Å². The molecule has 2 aromatic rings. The summed E-state index contributed by atoms with van der Waals surface area (Å²) < 4.78 is 45.2. The Morgan fingerprint density at radius 3 is 2.60 bits per heavy atom. The summed E-state index contributed by atoms with van der Waals surface area (Å²) in [6.45, 7) is 2.53. The SMILES string of the molecule is O=C(CNc1ncnc2ccc(C(F)(F)F)cc12)NC1CN([C@H]2CC[C@@H](C3CCCCO3)CC2)C1. The van der Waals surface area contributed by atoms with Crippen molar-refractivity contribution in [1.82, 2.24) is 20.2 Å². The van der Waals surface area contributed by atoms with Gasteiger partial charge in [-0.25, -0.2) is 9.97 Å². The Bertz CT molecular complexity index is 1030. The van der Waals surface area contributed by atoms with Gasteiger partial charge in [0.1, 0.15) is 12.1 Å². The summed E-state index contributed by atoms with van der Waals surface area (Å²) in [6.07, 6.45) is 5.76. The summed E-state index contributed by atoms with van der Waals surface area (Å²) >= 11 is 0. The van der Waals surface area contributed by atoms with Crippen molar-refractivity contribution in [2.75, 3.05) is 31.6 Å². The number of halogens is 3. The Hall–Kier alpha value is -2.46. The summed E-state index contributed by atoms with van der Waals surface area (Å²) in [5.74, 6) is 0.705. The zero-order valence-corrected chi connectivity index (χ0v) is 19.7. The molecule has 2 saturated heterocycles. The molecule has 0 bridgehead atoms. The molecule has 3 aliphatic rings. The van der Waals surface area contributed by atoms with E-state index >= 15 is 0 Å². The highest BCUT2D eigenvalue weighted by Gasteiger charge is 2.37. The van der Waals surface area contributed by atoms with Gasteiger partial charge in [-0.15, -0.1) is 0 Å². The maximum Gasteiger partial charge on any atom is 0.416 e. The van der Waals surface area contributed by atoms with E-state index in [4.69, 9.17) is 4.74 Å². The summed E-state index contributed by atoms with van der Waals surface area (Å²) in [4.78, 5) is 23.0. The Morgan fingerprint density at radius 2 is 1.89 bits per heavy atom. The van der Waals surface area contributed by atoms with Crippen LogP contribution in [0.5, 0.6) is 0 Å². The zero-order chi connectivity index (χ0) is 24.4. The van der Waals surface area contributed by atoms with Crippen LogP contribution in [-0.2, 0) is 15.7 Å². The van der Waals surface area contributed by atoms with Gasteiger partial charge in [-0.3, -0.25) is 9.69 Å². The van der Waals surface area contributed by atoms with Crippen LogP contribution in [0.3, 0.4) is 0 Å². The van der Waals surface area contributed by atoms with Crippen LogP contribution in [0.25, 0.3) is 10.9 Å². The Balaban J connectivity index is 1.06. The fourth-order valence-electron chi connectivity index (χ4n) is 5.69. The van der Waals surface area contributed by atoms with Crippen molar-refractivity contribution in [1.29, 1.82) is 0 Å². The Kier molecular flexibility index (Phi) is 7.11. The zero-order valence-electron chi connectivity index (χ0n) is 19.7. The van der Waals surface area contributed by atoms with Crippen LogP contribution in [0.1, 0.15) is 50.5 Å². The minimum atomic E-state index is -4.46. The molecule has 190 valence electrons. The van der Waals surface area contributed by atoms with Crippen molar-refractivity contribution in [2.24, 2.45) is 5.92 Å². The lowest BCUT2D eigenvalue weighted by atomic mass is 9.79. The predicted octanol–water partition coefficient (Wildman–Crippen LogP) is 3.99. The number of benzene rings is 1. The number of alkyl halides is 3. The lowest BCUT2D eigenvalue weighted by Crippen LogP contribution is -2.63. The molecule has 10 heteroatoms. The average molecular weight is 492 g/mol. The number of aromatic nitrogens is 2. The largest absolute Gasteiger partial charge is 0.416 e. The molecule has 1 unspecified atom stereocenters. The second-order valence-electron chi connectivity index (χ2n) is 10.00. The predicted molar refractivity (Wildman–Crippen MR) is 126 cm³/mol. The Labute approximate surface area is 202 Å². The highest BCUT2D eigenvalue weighted by molar-refractivity contribution is 5.91. The minimum absolute atomic E-state index is 0.0641. The molecular weight excluding hydrogens is 459 g/mol. The number of likely N-dealkylation sites (tertiary alicyclic amines) is 1. The number of nitrogens with one attached hydrogen (secondary N) is 2. The maximum absolute atomic E-state index is 13.1. The fourth-order valence-corrected chi connectivity index (χ4v) is 5.69. The summed E-state index contributed by atoms with van der Waals surface area (Å²) in [6, 6.07) is 3.99. The smallest absolute Gasteiger partial charge is 0.378 e. The molecule has 1 amide bonds. The number of rotatable bonds is 6. The average Bonchev–Trinajstić information content (AvgIpc) is 2.84. The third kappa shape index (κ3) is 5.69. The van der Waals surface area contributed by atoms with Crippen molar-refractivity contribution in [3.8, 4) is 0 Å². The van der Waals surface area contributed by atoms with Gasteiger partial charge in [0.15, 0.2) is 0 Å². The molecule has 1 aliphatic carbocycles. The van der Waals surface area contributed by atoms with E-state index in [0.717, 1.165) is 31.8 Å². The van der Waals surface area contributed by atoms with Crippen molar-refractivity contribution in [3.63, 3.8) is 0 Å². The molecule has 7 nitrogen and oxygen atoms in total. The molecule has 1 aromatic heterocycles. The van der Waals surface area contributed by atoms with E-state index < -0.39 is 11.7 Å². The number of anilines is 1. The highest BCUT2D eigenvalue weighted by Crippen LogP contribution is 2.35. The molecule has 3 fully saturated rings. The van der Waals surface area contributed by atoms with E-state index in [9.17, 15) is 18.0 Å². The monoisotopic (exact) mass is 491 g/mol. The molecule has 1 aromatic carbocycles. The molecule has 2 aliphatic heterocycles. The molecule has 0 radical (unpaired) electrons. The molecule has 2 N–H and O–H groups in total. The lowest BCUT2D eigenvalue weighted by molar-refractivity contribution is -0.137. The second kappa shape index (κ2) is 10.3. The molecule has 1 atom stereocenters. The molecule has 0 spiro atoms. The lowest BCUT2D eigenvalue weighted by Gasteiger charge is -2.47. The van der Waals surface area contributed by atoms with Gasteiger partial charge in [0.25, 0.3) is 0 Å². The van der Waals surface area contributed by atoms with Gasteiger partial charge in [-0.2, -0.15) is 13.2 Å². The van der Waals surface area contributed by atoms with Gasteiger partial charge in [-0.05, 0) is 69.1 Å². The summed E-state index contributed by atoms with van der Waals surface area (Å²) in [5.41, 5.74) is -0.391. The first-order valence-corrected chi connectivity index (χ1v) is 12.6. The number of carbonyl (C=O) groups excluding carboxylic acids is 1. The third-order valence-electron chi connectivity index (χ3n) is 7.65. The van der Waals surface area contributed by atoms with Crippen molar-refractivity contribution < 1.29 is 22.7 Å². The van der Waals surface area contributed by atoms with Crippen LogP contribution in [0.15, 0.2) is 24.5 Å². The molecule has 5 rings (SSSR count). The Morgan fingerprint density at radius 1 is 1.09 bits per heavy atom. The van der Waals surface area contributed by atoms with Gasteiger partial charge < -0.3 is 15.4 Å². The third-order valence-corrected chi connectivity index (χ3v) is 7.65. The van der Waals surface area contributed by atoms with Crippen LogP contribution in [0.2, 0.25) is 0 Å². The highest BCUT2D eigenvalue weighted by atomic mass is 19.4. The van der Waals surface area contributed by atoms with E-state index in [-0.39, 0.29) is 29.7 Å². The minimum Gasteiger partial charge on any atom is -0.378 e. The number of hydrogen-bond donors (Lipinski definition) is 2. The topological polar surface area (TPSA) is 79.4 Å². The number of fused-ring (bicyclic) bond motifs is 1. The molecular formula is C25H32F3N5O2. The van der Waals surface area contributed by atoms with Gasteiger partial charge in [-0.1, -0.05) is 0 Å².